The second-order valence-corrected chi connectivity index (χ2v) is 5.35. The first kappa shape index (κ1) is 12.3. The van der Waals surface area contributed by atoms with E-state index in [1.54, 1.807) is 0 Å². The van der Waals surface area contributed by atoms with Crippen molar-refractivity contribution in [2.24, 2.45) is 0 Å². The smallest absolute Gasteiger partial charge is 0.245 e. The molecular formula is C14H19N3O2. The quantitative estimate of drug-likeness (QED) is 0.861. The molecule has 0 aliphatic carbocycles. The zero-order valence-electron chi connectivity index (χ0n) is 10.9. The van der Waals surface area contributed by atoms with Crippen molar-refractivity contribution in [1.29, 1.82) is 0 Å². The molecule has 1 N–H and O–H groups in total. The Labute approximate surface area is 112 Å². The minimum Gasteiger partial charge on any atom is -0.351 e. The SMILES string of the molecule is O=C1CCC(C(=O)N2CCC(n3cccc3)CC2)N1. The fraction of sp³-hybridized carbons (Fsp3) is 0.571. The summed E-state index contributed by atoms with van der Waals surface area (Å²) in [5.41, 5.74) is 0. The summed E-state index contributed by atoms with van der Waals surface area (Å²) in [6.07, 6.45) is 7.27. The monoisotopic (exact) mass is 261 g/mol. The molecule has 19 heavy (non-hydrogen) atoms. The van der Waals surface area contributed by atoms with Gasteiger partial charge in [0.15, 0.2) is 0 Å². The van der Waals surface area contributed by atoms with Crippen LogP contribution in [-0.4, -0.2) is 40.4 Å². The number of likely N-dealkylation sites (tertiary alicyclic amines) is 1. The van der Waals surface area contributed by atoms with Crippen LogP contribution in [0.5, 0.6) is 0 Å². The van der Waals surface area contributed by atoms with Crippen LogP contribution in [0.4, 0.5) is 0 Å². The Balaban J connectivity index is 1.55. The Morgan fingerprint density at radius 1 is 1.16 bits per heavy atom. The average Bonchev–Trinajstić information content (AvgIpc) is 3.09. The lowest BCUT2D eigenvalue weighted by molar-refractivity contribution is -0.135. The van der Waals surface area contributed by atoms with Gasteiger partial charge in [-0.3, -0.25) is 9.59 Å². The topological polar surface area (TPSA) is 54.3 Å². The molecule has 3 rings (SSSR count). The standard InChI is InChI=1S/C14H19N3O2/c18-13-4-3-12(15-13)14(19)17-9-5-11(6-10-17)16-7-1-2-8-16/h1-2,7-8,11-12H,3-6,9-10H2,(H,15,18). The molecule has 0 radical (unpaired) electrons. The molecule has 2 saturated heterocycles. The number of nitrogens with zero attached hydrogens (tertiary/aromatic N) is 2. The zero-order valence-corrected chi connectivity index (χ0v) is 10.9. The fourth-order valence-electron chi connectivity index (χ4n) is 3.00. The van der Waals surface area contributed by atoms with Crippen LogP contribution < -0.4 is 5.32 Å². The van der Waals surface area contributed by atoms with Crippen molar-refractivity contribution < 1.29 is 9.59 Å². The molecule has 2 amide bonds. The first-order chi connectivity index (χ1) is 9.24. The normalized spacial score (nSPS) is 24.5. The molecule has 1 atom stereocenters. The van der Waals surface area contributed by atoms with Gasteiger partial charge in [0, 0.05) is 37.9 Å². The van der Waals surface area contributed by atoms with Crippen molar-refractivity contribution in [3.63, 3.8) is 0 Å². The van der Waals surface area contributed by atoms with E-state index in [9.17, 15) is 9.59 Å². The molecule has 5 nitrogen and oxygen atoms in total. The van der Waals surface area contributed by atoms with Crippen molar-refractivity contribution in [3.05, 3.63) is 24.5 Å². The lowest BCUT2D eigenvalue weighted by atomic mass is 10.0. The van der Waals surface area contributed by atoms with Crippen LogP contribution in [0, 0.1) is 0 Å². The molecule has 0 bridgehead atoms. The maximum atomic E-state index is 12.2. The van der Waals surface area contributed by atoms with Crippen LogP contribution in [0.1, 0.15) is 31.7 Å². The first-order valence-electron chi connectivity index (χ1n) is 6.94. The fourth-order valence-corrected chi connectivity index (χ4v) is 3.00. The molecule has 2 aliphatic heterocycles. The van der Waals surface area contributed by atoms with E-state index in [0.717, 1.165) is 25.9 Å². The molecule has 102 valence electrons. The molecule has 2 aliphatic rings. The van der Waals surface area contributed by atoms with Gasteiger partial charge in [0.2, 0.25) is 11.8 Å². The third-order valence-corrected chi connectivity index (χ3v) is 4.12. The second kappa shape index (κ2) is 5.07. The van der Waals surface area contributed by atoms with Crippen LogP contribution in [0.25, 0.3) is 0 Å². The highest BCUT2D eigenvalue weighted by Crippen LogP contribution is 2.23. The van der Waals surface area contributed by atoms with Gasteiger partial charge in [-0.25, -0.2) is 0 Å². The number of nitrogens with one attached hydrogen (secondary N) is 1. The van der Waals surface area contributed by atoms with E-state index in [1.165, 1.54) is 0 Å². The summed E-state index contributed by atoms with van der Waals surface area (Å²) in [4.78, 5) is 25.3. The summed E-state index contributed by atoms with van der Waals surface area (Å²) in [6.45, 7) is 1.57. The van der Waals surface area contributed by atoms with E-state index < -0.39 is 0 Å². The van der Waals surface area contributed by atoms with Gasteiger partial charge >= 0.3 is 0 Å². The number of hydrogen-bond acceptors (Lipinski definition) is 2. The lowest BCUT2D eigenvalue weighted by Crippen LogP contribution is -2.47. The minimum absolute atomic E-state index is 0.000534. The minimum atomic E-state index is -0.282. The highest BCUT2D eigenvalue weighted by Gasteiger charge is 2.32. The van der Waals surface area contributed by atoms with Gasteiger partial charge in [0.25, 0.3) is 0 Å². The van der Waals surface area contributed by atoms with Gasteiger partial charge in [-0.1, -0.05) is 0 Å². The third kappa shape index (κ3) is 2.50. The molecule has 5 heteroatoms. The van der Waals surface area contributed by atoms with E-state index in [1.807, 2.05) is 17.0 Å². The molecule has 3 heterocycles. The summed E-state index contributed by atoms with van der Waals surface area (Å²) >= 11 is 0. The van der Waals surface area contributed by atoms with Gasteiger partial charge < -0.3 is 14.8 Å². The highest BCUT2D eigenvalue weighted by atomic mass is 16.2. The predicted molar refractivity (Wildman–Crippen MR) is 70.4 cm³/mol. The summed E-state index contributed by atoms with van der Waals surface area (Å²) in [7, 11) is 0. The van der Waals surface area contributed by atoms with E-state index in [0.29, 0.717) is 18.9 Å². The maximum absolute atomic E-state index is 12.2. The van der Waals surface area contributed by atoms with E-state index >= 15 is 0 Å². The number of carbonyl (C=O) groups excluding carboxylic acids is 2. The number of aromatic nitrogens is 1. The number of rotatable bonds is 2. The van der Waals surface area contributed by atoms with E-state index in [2.05, 4.69) is 22.3 Å². The van der Waals surface area contributed by atoms with Crippen molar-refractivity contribution in [2.75, 3.05) is 13.1 Å². The van der Waals surface area contributed by atoms with Crippen LogP contribution in [0.2, 0.25) is 0 Å². The molecule has 0 aromatic carbocycles. The summed E-state index contributed by atoms with van der Waals surface area (Å²) in [5.74, 6) is 0.0948. The van der Waals surface area contributed by atoms with Gasteiger partial charge in [0.1, 0.15) is 6.04 Å². The summed E-state index contributed by atoms with van der Waals surface area (Å²) in [5, 5.41) is 2.75. The second-order valence-electron chi connectivity index (χ2n) is 5.35. The van der Waals surface area contributed by atoms with E-state index in [-0.39, 0.29) is 17.9 Å². The molecule has 1 aromatic rings. The van der Waals surface area contributed by atoms with Crippen molar-refractivity contribution in [1.82, 2.24) is 14.8 Å². The molecular weight excluding hydrogens is 242 g/mol. The molecule has 2 fully saturated rings. The number of carbonyl (C=O) groups is 2. The molecule has 1 aromatic heterocycles. The average molecular weight is 261 g/mol. The largest absolute Gasteiger partial charge is 0.351 e. The van der Waals surface area contributed by atoms with Crippen LogP contribution in [0.3, 0.4) is 0 Å². The zero-order chi connectivity index (χ0) is 13.2. The van der Waals surface area contributed by atoms with Crippen LogP contribution in [-0.2, 0) is 9.59 Å². The number of amides is 2. The predicted octanol–water partition coefficient (Wildman–Crippen LogP) is 0.930. The Morgan fingerprint density at radius 3 is 2.42 bits per heavy atom. The van der Waals surface area contributed by atoms with Crippen molar-refractivity contribution in [3.8, 4) is 0 Å². The molecule has 0 saturated carbocycles. The first-order valence-corrected chi connectivity index (χ1v) is 6.94. The Kier molecular flexibility index (Phi) is 3.27. The van der Waals surface area contributed by atoms with Crippen LogP contribution >= 0.6 is 0 Å². The van der Waals surface area contributed by atoms with Crippen molar-refractivity contribution in [2.45, 2.75) is 37.8 Å². The maximum Gasteiger partial charge on any atom is 0.245 e. The van der Waals surface area contributed by atoms with Gasteiger partial charge in [-0.05, 0) is 31.4 Å². The summed E-state index contributed by atoms with van der Waals surface area (Å²) in [6, 6.07) is 4.28. The number of piperidine rings is 1. The van der Waals surface area contributed by atoms with Gasteiger partial charge in [-0.15, -0.1) is 0 Å². The third-order valence-electron chi connectivity index (χ3n) is 4.12. The lowest BCUT2D eigenvalue weighted by Gasteiger charge is -2.34. The van der Waals surface area contributed by atoms with E-state index in [4.69, 9.17) is 0 Å². The Bertz CT molecular complexity index is 461. The van der Waals surface area contributed by atoms with Crippen LogP contribution in [0.15, 0.2) is 24.5 Å². The molecule has 0 spiro atoms. The van der Waals surface area contributed by atoms with Gasteiger partial charge in [-0.2, -0.15) is 0 Å². The number of hydrogen-bond donors (Lipinski definition) is 1. The summed E-state index contributed by atoms with van der Waals surface area (Å²) < 4.78 is 2.22. The Hall–Kier alpha value is -1.78. The Morgan fingerprint density at radius 2 is 1.84 bits per heavy atom. The van der Waals surface area contributed by atoms with Gasteiger partial charge in [0.05, 0.1) is 0 Å². The highest BCUT2D eigenvalue weighted by molar-refractivity contribution is 5.90. The van der Waals surface area contributed by atoms with Crippen molar-refractivity contribution >= 4 is 11.8 Å². The molecule has 1 unspecified atom stereocenters.